The standard InChI is InChI=1S/C12H14FN3/c1-8(2)12-6-15-7-16(12)11-4-3-9(14)5-10(11)13/h3-8H,14H2,1-2H3. The molecular weight excluding hydrogens is 205 g/mol. The lowest BCUT2D eigenvalue weighted by atomic mass is 10.1. The number of nitrogens with two attached hydrogens (primary N) is 1. The quantitative estimate of drug-likeness (QED) is 0.789. The predicted octanol–water partition coefficient (Wildman–Crippen LogP) is 2.72. The molecule has 1 aromatic heterocycles. The molecule has 0 bridgehead atoms. The van der Waals surface area contributed by atoms with E-state index < -0.39 is 0 Å². The van der Waals surface area contributed by atoms with Crippen LogP contribution in [0, 0.1) is 5.82 Å². The van der Waals surface area contributed by atoms with Crippen LogP contribution in [0.25, 0.3) is 5.69 Å². The highest BCUT2D eigenvalue weighted by molar-refractivity contribution is 5.47. The van der Waals surface area contributed by atoms with Gasteiger partial charge < -0.3 is 10.3 Å². The van der Waals surface area contributed by atoms with Gasteiger partial charge >= 0.3 is 0 Å². The molecule has 2 aromatic rings. The Kier molecular flexibility index (Phi) is 2.64. The van der Waals surface area contributed by atoms with E-state index in [2.05, 4.69) is 4.98 Å². The van der Waals surface area contributed by atoms with E-state index in [0.29, 0.717) is 17.3 Å². The van der Waals surface area contributed by atoms with Crippen molar-refractivity contribution in [3.05, 3.63) is 42.2 Å². The summed E-state index contributed by atoms with van der Waals surface area (Å²) in [5.41, 5.74) is 7.39. The average Bonchev–Trinajstić information content (AvgIpc) is 2.66. The number of halogens is 1. The summed E-state index contributed by atoms with van der Waals surface area (Å²) < 4.78 is 15.5. The van der Waals surface area contributed by atoms with Gasteiger partial charge in [0.05, 0.1) is 12.0 Å². The summed E-state index contributed by atoms with van der Waals surface area (Å²) in [6.07, 6.45) is 3.37. The second kappa shape index (κ2) is 3.96. The summed E-state index contributed by atoms with van der Waals surface area (Å²) in [6.45, 7) is 4.09. The van der Waals surface area contributed by atoms with Crippen molar-refractivity contribution in [3.8, 4) is 5.69 Å². The largest absolute Gasteiger partial charge is 0.399 e. The molecule has 1 aromatic carbocycles. The molecular formula is C12H14FN3. The number of benzene rings is 1. The van der Waals surface area contributed by atoms with Crippen LogP contribution in [0.5, 0.6) is 0 Å². The van der Waals surface area contributed by atoms with E-state index in [4.69, 9.17) is 5.73 Å². The highest BCUT2D eigenvalue weighted by Gasteiger charge is 2.11. The molecule has 16 heavy (non-hydrogen) atoms. The molecule has 1 heterocycles. The first-order valence-corrected chi connectivity index (χ1v) is 5.17. The van der Waals surface area contributed by atoms with Crippen molar-refractivity contribution < 1.29 is 4.39 Å². The van der Waals surface area contributed by atoms with E-state index in [1.165, 1.54) is 6.07 Å². The molecule has 0 unspecified atom stereocenters. The number of rotatable bonds is 2. The van der Waals surface area contributed by atoms with Gasteiger partial charge in [0, 0.05) is 17.6 Å². The minimum absolute atomic E-state index is 0.291. The fraction of sp³-hybridized carbons (Fsp3) is 0.250. The monoisotopic (exact) mass is 219 g/mol. The number of imidazole rings is 1. The Bertz CT molecular complexity index is 503. The Morgan fingerprint density at radius 1 is 1.38 bits per heavy atom. The molecule has 0 fully saturated rings. The van der Waals surface area contributed by atoms with E-state index in [1.54, 1.807) is 29.2 Å². The van der Waals surface area contributed by atoms with Crippen molar-refractivity contribution in [3.63, 3.8) is 0 Å². The molecule has 0 saturated carbocycles. The highest BCUT2D eigenvalue weighted by Crippen LogP contribution is 2.22. The normalized spacial score (nSPS) is 11.0. The highest BCUT2D eigenvalue weighted by atomic mass is 19.1. The van der Waals surface area contributed by atoms with Crippen molar-refractivity contribution >= 4 is 5.69 Å². The lowest BCUT2D eigenvalue weighted by molar-refractivity contribution is 0.614. The molecule has 0 atom stereocenters. The third kappa shape index (κ3) is 1.78. The SMILES string of the molecule is CC(C)c1cncn1-c1ccc(N)cc1F. The second-order valence-corrected chi connectivity index (χ2v) is 4.05. The summed E-state index contributed by atoms with van der Waals surface area (Å²) >= 11 is 0. The molecule has 0 spiro atoms. The average molecular weight is 219 g/mol. The van der Waals surface area contributed by atoms with Crippen molar-refractivity contribution in [2.75, 3.05) is 5.73 Å². The lowest BCUT2D eigenvalue weighted by Gasteiger charge is -2.11. The summed E-state index contributed by atoms with van der Waals surface area (Å²) in [4.78, 5) is 4.05. The van der Waals surface area contributed by atoms with Crippen molar-refractivity contribution in [2.24, 2.45) is 0 Å². The summed E-state index contributed by atoms with van der Waals surface area (Å²) in [5, 5.41) is 0. The van der Waals surface area contributed by atoms with Crippen LogP contribution in [0.1, 0.15) is 25.5 Å². The Labute approximate surface area is 93.7 Å². The Morgan fingerprint density at radius 2 is 2.12 bits per heavy atom. The third-order valence-electron chi connectivity index (χ3n) is 2.49. The summed E-state index contributed by atoms with van der Waals surface area (Å²) in [5.74, 6) is -0.0423. The van der Waals surface area contributed by atoms with Gasteiger partial charge in [-0.3, -0.25) is 0 Å². The van der Waals surface area contributed by atoms with Crippen LogP contribution in [-0.2, 0) is 0 Å². The minimum Gasteiger partial charge on any atom is -0.399 e. The zero-order valence-electron chi connectivity index (χ0n) is 9.31. The van der Waals surface area contributed by atoms with Gasteiger partial charge in [0.1, 0.15) is 5.82 Å². The molecule has 0 aliphatic carbocycles. The maximum Gasteiger partial charge on any atom is 0.149 e. The summed E-state index contributed by atoms with van der Waals surface area (Å²) in [7, 11) is 0. The molecule has 2 N–H and O–H groups in total. The Morgan fingerprint density at radius 3 is 2.75 bits per heavy atom. The molecule has 2 rings (SSSR count). The van der Waals surface area contributed by atoms with E-state index in [0.717, 1.165) is 5.69 Å². The van der Waals surface area contributed by atoms with E-state index in [-0.39, 0.29) is 5.82 Å². The van der Waals surface area contributed by atoms with E-state index in [1.807, 2.05) is 13.8 Å². The van der Waals surface area contributed by atoms with Crippen LogP contribution in [0.15, 0.2) is 30.7 Å². The Hall–Kier alpha value is -1.84. The first kappa shape index (κ1) is 10.7. The van der Waals surface area contributed by atoms with Crippen LogP contribution in [0.4, 0.5) is 10.1 Å². The maximum absolute atomic E-state index is 13.7. The number of nitrogens with zero attached hydrogens (tertiary/aromatic N) is 2. The van der Waals surface area contributed by atoms with Gasteiger partial charge in [0.2, 0.25) is 0 Å². The second-order valence-electron chi connectivity index (χ2n) is 4.05. The van der Waals surface area contributed by atoms with Gasteiger partial charge in [-0.2, -0.15) is 0 Å². The van der Waals surface area contributed by atoms with Gasteiger partial charge in [-0.15, -0.1) is 0 Å². The molecule has 0 aliphatic heterocycles. The summed E-state index contributed by atoms with van der Waals surface area (Å²) in [6, 6.07) is 4.67. The lowest BCUT2D eigenvalue weighted by Crippen LogP contribution is -2.03. The van der Waals surface area contributed by atoms with Crippen LogP contribution >= 0.6 is 0 Å². The zero-order chi connectivity index (χ0) is 11.7. The fourth-order valence-corrected chi connectivity index (χ4v) is 1.65. The number of hydrogen-bond acceptors (Lipinski definition) is 2. The van der Waals surface area contributed by atoms with Gasteiger partial charge in [-0.05, 0) is 24.1 Å². The molecule has 4 heteroatoms. The first-order valence-electron chi connectivity index (χ1n) is 5.17. The van der Waals surface area contributed by atoms with E-state index in [9.17, 15) is 4.39 Å². The van der Waals surface area contributed by atoms with Crippen molar-refractivity contribution in [1.82, 2.24) is 9.55 Å². The smallest absolute Gasteiger partial charge is 0.149 e. The number of nitrogen functional groups attached to an aromatic ring is 1. The molecule has 84 valence electrons. The van der Waals surface area contributed by atoms with Crippen LogP contribution in [-0.4, -0.2) is 9.55 Å². The first-order chi connectivity index (χ1) is 7.59. The van der Waals surface area contributed by atoms with Gasteiger partial charge in [0.25, 0.3) is 0 Å². The van der Waals surface area contributed by atoms with Gasteiger partial charge in [0.15, 0.2) is 0 Å². The fourth-order valence-electron chi connectivity index (χ4n) is 1.65. The molecule has 3 nitrogen and oxygen atoms in total. The number of aromatic nitrogens is 2. The third-order valence-corrected chi connectivity index (χ3v) is 2.49. The minimum atomic E-state index is -0.333. The maximum atomic E-state index is 13.7. The van der Waals surface area contributed by atoms with E-state index >= 15 is 0 Å². The molecule has 0 radical (unpaired) electrons. The number of hydrogen-bond donors (Lipinski definition) is 1. The topological polar surface area (TPSA) is 43.8 Å². The van der Waals surface area contributed by atoms with Crippen molar-refractivity contribution in [2.45, 2.75) is 19.8 Å². The van der Waals surface area contributed by atoms with Crippen LogP contribution in [0.2, 0.25) is 0 Å². The van der Waals surface area contributed by atoms with Crippen LogP contribution < -0.4 is 5.73 Å². The number of anilines is 1. The predicted molar refractivity (Wildman–Crippen MR) is 62.0 cm³/mol. The molecule has 0 saturated heterocycles. The van der Waals surface area contributed by atoms with Crippen LogP contribution in [0.3, 0.4) is 0 Å². The zero-order valence-corrected chi connectivity index (χ0v) is 9.31. The van der Waals surface area contributed by atoms with Gasteiger partial charge in [-0.1, -0.05) is 13.8 Å². The molecule has 0 aliphatic rings. The molecule has 0 amide bonds. The van der Waals surface area contributed by atoms with Crippen molar-refractivity contribution in [1.29, 1.82) is 0 Å². The Balaban J connectivity index is 2.54. The van der Waals surface area contributed by atoms with Gasteiger partial charge in [-0.25, -0.2) is 9.37 Å².